The van der Waals surface area contributed by atoms with Gasteiger partial charge in [0.2, 0.25) is 0 Å². The molecule has 1 N–H and O–H groups in total. The lowest BCUT2D eigenvalue weighted by molar-refractivity contribution is 0.0993. The third-order valence-electron chi connectivity index (χ3n) is 6.20. The van der Waals surface area contributed by atoms with Crippen LogP contribution in [0, 0.1) is 5.92 Å². The van der Waals surface area contributed by atoms with Gasteiger partial charge in [0.25, 0.3) is 5.91 Å². The smallest absolute Gasteiger partial charge is 0.321 e. The summed E-state index contributed by atoms with van der Waals surface area (Å²) in [5.74, 6) is 0.457. The highest BCUT2D eigenvalue weighted by atomic mass is 35.5. The van der Waals surface area contributed by atoms with Crippen molar-refractivity contribution in [1.82, 2.24) is 9.80 Å². The van der Waals surface area contributed by atoms with Gasteiger partial charge < -0.3 is 20.0 Å². The molecule has 0 saturated carbocycles. The van der Waals surface area contributed by atoms with Crippen LogP contribution in [0.2, 0.25) is 5.02 Å². The molecule has 3 amide bonds. The van der Waals surface area contributed by atoms with Gasteiger partial charge in [0, 0.05) is 48.1 Å². The molecular formula is C23H27ClN4O2. The fourth-order valence-electron chi connectivity index (χ4n) is 4.49. The SMILES string of the molecule is CN1CC[C@H]2[C@H](CCN2C(=O)Nc2ccc(N(C)C(=O)c3ccc(Cl)cc3)cc2)C1. The summed E-state index contributed by atoms with van der Waals surface area (Å²) in [6.07, 6.45) is 2.10. The number of anilines is 2. The van der Waals surface area contributed by atoms with Gasteiger partial charge in [0.15, 0.2) is 0 Å². The van der Waals surface area contributed by atoms with Crippen molar-refractivity contribution in [3.05, 3.63) is 59.1 Å². The molecule has 0 bridgehead atoms. The molecule has 2 saturated heterocycles. The van der Waals surface area contributed by atoms with E-state index in [1.165, 1.54) is 0 Å². The quantitative estimate of drug-likeness (QED) is 0.801. The fraction of sp³-hybridized carbons (Fsp3) is 0.391. The molecule has 0 radical (unpaired) electrons. The lowest BCUT2D eigenvalue weighted by Crippen LogP contribution is -2.47. The van der Waals surface area contributed by atoms with Gasteiger partial charge in [-0.2, -0.15) is 0 Å². The molecular weight excluding hydrogens is 400 g/mol. The zero-order valence-electron chi connectivity index (χ0n) is 17.3. The van der Waals surface area contributed by atoms with E-state index in [4.69, 9.17) is 11.6 Å². The van der Waals surface area contributed by atoms with Gasteiger partial charge in [-0.25, -0.2) is 4.79 Å². The number of carbonyl (C=O) groups excluding carboxylic acids is 2. The number of nitrogens with one attached hydrogen (secondary N) is 1. The van der Waals surface area contributed by atoms with Crippen molar-refractivity contribution in [3.8, 4) is 0 Å². The van der Waals surface area contributed by atoms with Crippen LogP contribution in [-0.2, 0) is 0 Å². The Hall–Kier alpha value is -2.57. The maximum absolute atomic E-state index is 12.8. The van der Waals surface area contributed by atoms with E-state index in [0.717, 1.165) is 43.9 Å². The molecule has 0 unspecified atom stereocenters. The van der Waals surface area contributed by atoms with Crippen LogP contribution in [0.5, 0.6) is 0 Å². The number of hydrogen-bond donors (Lipinski definition) is 1. The zero-order chi connectivity index (χ0) is 21.3. The van der Waals surface area contributed by atoms with Gasteiger partial charge in [-0.1, -0.05) is 11.6 Å². The number of hydrogen-bond acceptors (Lipinski definition) is 3. The molecule has 6 nitrogen and oxygen atoms in total. The zero-order valence-corrected chi connectivity index (χ0v) is 18.1. The lowest BCUT2D eigenvalue weighted by atomic mass is 9.93. The Morgan fingerprint density at radius 3 is 2.43 bits per heavy atom. The van der Waals surface area contributed by atoms with Crippen LogP contribution < -0.4 is 10.2 Å². The summed E-state index contributed by atoms with van der Waals surface area (Å²) in [7, 11) is 3.88. The molecule has 0 aliphatic carbocycles. The Bertz CT molecular complexity index is 916. The first kappa shape index (κ1) is 20.7. The van der Waals surface area contributed by atoms with E-state index in [1.807, 2.05) is 29.2 Å². The first-order valence-electron chi connectivity index (χ1n) is 10.3. The molecule has 0 aromatic heterocycles. The number of halogens is 1. The molecule has 2 aromatic rings. The van der Waals surface area contributed by atoms with Crippen molar-refractivity contribution in [2.75, 3.05) is 43.9 Å². The standard InChI is InChI=1S/C23H27ClN4O2/c1-26-13-12-21-17(15-26)11-14-28(21)23(30)25-19-7-9-20(10-8-19)27(2)22(29)16-3-5-18(24)6-4-16/h3-10,17,21H,11-15H2,1-2H3,(H,25,30)/t17-,21+/m1/s1. The topological polar surface area (TPSA) is 55.9 Å². The fourth-order valence-corrected chi connectivity index (χ4v) is 4.61. The highest BCUT2D eigenvalue weighted by Gasteiger charge is 2.39. The minimum atomic E-state index is -0.117. The van der Waals surface area contributed by atoms with Crippen molar-refractivity contribution in [1.29, 1.82) is 0 Å². The molecule has 7 heteroatoms. The molecule has 2 fully saturated rings. The number of nitrogens with zero attached hydrogens (tertiary/aromatic N) is 3. The molecule has 158 valence electrons. The maximum atomic E-state index is 12.8. The van der Waals surface area contributed by atoms with Crippen molar-refractivity contribution >= 4 is 34.9 Å². The van der Waals surface area contributed by atoms with Crippen LogP contribution in [0.25, 0.3) is 0 Å². The Kier molecular flexibility index (Phi) is 5.97. The number of likely N-dealkylation sites (tertiary alicyclic amines) is 2. The molecule has 0 spiro atoms. The maximum Gasteiger partial charge on any atom is 0.322 e. The van der Waals surface area contributed by atoms with Crippen molar-refractivity contribution < 1.29 is 9.59 Å². The van der Waals surface area contributed by atoms with Gasteiger partial charge in [-0.15, -0.1) is 0 Å². The van der Waals surface area contributed by atoms with Crippen LogP contribution in [0.15, 0.2) is 48.5 Å². The summed E-state index contributed by atoms with van der Waals surface area (Å²) >= 11 is 5.90. The van der Waals surface area contributed by atoms with Gasteiger partial charge in [0.1, 0.15) is 0 Å². The molecule has 2 aliphatic rings. The predicted molar refractivity (Wildman–Crippen MR) is 120 cm³/mol. The Balaban J connectivity index is 1.38. The van der Waals surface area contributed by atoms with Gasteiger partial charge in [-0.05, 0) is 80.9 Å². The van der Waals surface area contributed by atoms with Crippen LogP contribution in [-0.4, -0.2) is 61.5 Å². The number of urea groups is 1. The first-order chi connectivity index (χ1) is 14.4. The number of carbonyl (C=O) groups is 2. The monoisotopic (exact) mass is 426 g/mol. The minimum absolute atomic E-state index is 0.0367. The second kappa shape index (κ2) is 8.66. The van der Waals surface area contributed by atoms with Gasteiger partial charge >= 0.3 is 6.03 Å². The second-order valence-electron chi connectivity index (χ2n) is 8.21. The third kappa shape index (κ3) is 4.30. The normalized spacial score (nSPS) is 21.2. The van der Waals surface area contributed by atoms with E-state index in [9.17, 15) is 9.59 Å². The van der Waals surface area contributed by atoms with E-state index in [-0.39, 0.29) is 11.9 Å². The van der Waals surface area contributed by atoms with E-state index < -0.39 is 0 Å². The Labute approximate surface area is 182 Å². The molecule has 2 aromatic carbocycles. The van der Waals surface area contributed by atoms with E-state index in [1.54, 1.807) is 36.2 Å². The number of amides is 3. The van der Waals surface area contributed by atoms with Crippen molar-refractivity contribution in [2.24, 2.45) is 5.92 Å². The average molecular weight is 427 g/mol. The number of piperidine rings is 1. The van der Waals surface area contributed by atoms with Crippen LogP contribution in [0.4, 0.5) is 16.2 Å². The molecule has 4 rings (SSSR count). The largest absolute Gasteiger partial charge is 0.322 e. The van der Waals surface area contributed by atoms with Crippen LogP contribution in [0.3, 0.4) is 0 Å². The summed E-state index contributed by atoms with van der Waals surface area (Å²) in [4.78, 5) is 31.4. The first-order valence-corrected chi connectivity index (χ1v) is 10.7. The lowest BCUT2D eigenvalue weighted by Gasteiger charge is -2.36. The van der Waals surface area contributed by atoms with Crippen LogP contribution in [0.1, 0.15) is 23.2 Å². The average Bonchev–Trinajstić information content (AvgIpc) is 3.17. The molecule has 30 heavy (non-hydrogen) atoms. The minimum Gasteiger partial charge on any atom is -0.321 e. The summed E-state index contributed by atoms with van der Waals surface area (Å²) in [6, 6.07) is 14.5. The summed E-state index contributed by atoms with van der Waals surface area (Å²) in [5.41, 5.74) is 2.05. The predicted octanol–water partition coefficient (Wildman–Crippen LogP) is 4.17. The van der Waals surface area contributed by atoms with Crippen LogP contribution >= 0.6 is 11.6 Å². The van der Waals surface area contributed by atoms with Gasteiger partial charge in [-0.3, -0.25) is 4.79 Å². The molecule has 2 atom stereocenters. The summed E-state index contributed by atoms with van der Waals surface area (Å²) < 4.78 is 0. The third-order valence-corrected chi connectivity index (χ3v) is 6.45. The molecule has 2 heterocycles. The summed E-state index contributed by atoms with van der Waals surface area (Å²) in [6.45, 7) is 2.91. The second-order valence-corrected chi connectivity index (χ2v) is 8.64. The highest BCUT2D eigenvalue weighted by molar-refractivity contribution is 6.30. The van der Waals surface area contributed by atoms with Crippen molar-refractivity contribution in [2.45, 2.75) is 18.9 Å². The number of rotatable bonds is 3. The van der Waals surface area contributed by atoms with Gasteiger partial charge in [0.05, 0.1) is 0 Å². The van der Waals surface area contributed by atoms with Crippen molar-refractivity contribution in [3.63, 3.8) is 0 Å². The van der Waals surface area contributed by atoms with E-state index >= 15 is 0 Å². The van der Waals surface area contributed by atoms with E-state index in [2.05, 4.69) is 17.3 Å². The number of benzene rings is 2. The van der Waals surface area contributed by atoms with E-state index in [0.29, 0.717) is 22.5 Å². The highest BCUT2D eigenvalue weighted by Crippen LogP contribution is 2.31. The summed E-state index contributed by atoms with van der Waals surface area (Å²) in [5, 5.41) is 3.61. The Morgan fingerprint density at radius 1 is 1.03 bits per heavy atom. The molecule has 2 aliphatic heterocycles. The Morgan fingerprint density at radius 2 is 1.73 bits per heavy atom. The number of fused-ring (bicyclic) bond motifs is 1.